The molecular formula is C18H24N2O2. The van der Waals surface area contributed by atoms with Crippen molar-refractivity contribution in [2.75, 3.05) is 13.1 Å². The number of benzene rings is 1. The van der Waals surface area contributed by atoms with Gasteiger partial charge in [0.25, 0.3) is 0 Å². The van der Waals surface area contributed by atoms with Gasteiger partial charge in [0.05, 0.1) is 0 Å². The van der Waals surface area contributed by atoms with Gasteiger partial charge in [-0.3, -0.25) is 0 Å². The van der Waals surface area contributed by atoms with Gasteiger partial charge in [-0.25, -0.2) is 4.79 Å². The van der Waals surface area contributed by atoms with Crippen LogP contribution in [0.1, 0.15) is 24.8 Å². The molecule has 0 aromatic heterocycles. The predicted octanol–water partition coefficient (Wildman–Crippen LogP) is 2.95. The number of ether oxygens (including phenoxy) is 1. The third-order valence-electron chi connectivity index (χ3n) is 4.45. The van der Waals surface area contributed by atoms with Crippen LogP contribution in [0.3, 0.4) is 0 Å². The number of carbonyl (C=O) groups is 1. The molecule has 1 saturated heterocycles. The van der Waals surface area contributed by atoms with E-state index in [2.05, 4.69) is 11.9 Å². The zero-order valence-corrected chi connectivity index (χ0v) is 12.9. The fourth-order valence-corrected chi connectivity index (χ4v) is 2.96. The van der Waals surface area contributed by atoms with E-state index in [-0.39, 0.29) is 6.09 Å². The van der Waals surface area contributed by atoms with Crippen LogP contribution in [0, 0.1) is 5.92 Å². The van der Waals surface area contributed by atoms with Crippen LogP contribution >= 0.6 is 0 Å². The van der Waals surface area contributed by atoms with Crippen LogP contribution in [0.4, 0.5) is 4.79 Å². The number of amides is 1. The Morgan fingerprint density at radius 2 is 2.09 bits per heavy atom. The van der Waals surface area contributed by atoms with Gasteiger partial charge < -0.3 is 15.0 Å². The number of hydrogen-bond acceptors (Lipinski definition) is 3. The van der Waals surface area contributed by atoms with Crippen LogP contribution < -0.4 is 5.32 Å². The molecule has 1 aliphatic carbocycles. The van der Waals surface area contributed by atoms with Crippen molar-refractivity contribution < 1.29 is 9.53 Å². The molecule has 2 unspecified atom stereocenters. The summed E-state index contributed by atoms with van der Waals surface area (Å²) in [6, 6.07) is 10.9. The highest BCUT2D eigenvalue weighted by molar-refractivity contribution is 5.67. The SMILES string of the molecule is C=CC1CN(C(=O)OCc2ccccc2)CCC1NC1CC1. The van der Waals surface area contributed by atoms with Gasteiger partial charge in [0.15, 0.2) is 0 Å². The molecule has 1 heterocycles. The second-order valence-electron chi connectivity index (χ2n) is 6.22. The summed E-state index contributed by atoms with van der Waals surface area (Å²) in [6.45, 7) is 5.71. The van der Waals surface area contributed by atoms with E-state index in [0.29, 0.717) is 31.2 Å². The predicted molar refractivity (Wildman–Crippen MR) is 86.4 cm³/mol. The average molecular weight is 300 g/mol. The average Bonchev–Trinajstić information content (AvgIpc) is 3.38. The fourth-order valence-electron chi connectivity index (χ4n) is 2.96. The number of rotatable bonds is 5. The van der Waals surface area contributed by atoms with Crippen molar-refractivity contribution in [3.63, 3.8) is 0 Å². The second kappa shape index (κ2) is 6.97. The normalized spacial score (nSPS) is 24.8. The molecule has 1 aliphatic heterocycles. The lowest BCUT2D eigenvalue weighted by molar-refractivity contribution is 0.0770. The Morgan fingerprint density at radius 3 is 2.77 bits per heavy atom. The van der Waals surface area contributed by atoms with Crippen molar-refractivity contribution in [3.05, 3.63) is 48.6 Å². The van der Waals surface area contributed by atoms with E-state index in [1.807, 2.05) is 36.4 Å². The molecule has 0 bridgehead atoms. The van der Waals surface area contributed by atoms with Gasteiger partial charge in [0, 0.05) is 31.1 Å². The molecule has 0 spiro atoms. The highest BCUT2D eigenvalue weighted by Crippen LogP contribution is 2.25. The van der Waals surface area contributed by atoms with E-state index in [1.165, 1.54) is 12.8 Å². The monoisotopic (exact) mass is 300 g/mol. The maximum atomic E-state index is 12.2. The summed E-state index contributed by atoms with van der Waals surface area (Å²) in [5, 5.41) is 3.66. The zero-order valence-electron chi connectivity index (χ0n) is 12.9. The van der Waals surface area contributed by atoms with Crippen LogP contribution in [0.2, 0.25) is 0 Å². The number of likely N-dealkylation sites (tertiary alicyclic amines) is 1. The molecule has 2 atom stereocenters. The van der Waals surface area contributed by atoms with Crippen molar-refractivity contribution >= 4 is 6.09 Å². The Hall–Kier alpha value is -1.81. The Bertz CT molecular complexity index is 513. The molecule has 2 aliphatic rings. The van der Waals surface area contributed by atoms with Crippen LogP contribution in [0.25, 0.3) is 0 Å². The summed E-state index contributed by atoms with van der Waals surface area (Å²) in [4.78, 5) is 14.0. The molecule has 0 radical (unpaired) electrons. The van der Waals surface area contributed by atoms with Crippen molar-refractivity contribution in [1.82, 2.24) is 10.2 Å². The van der Waals surface area contributed by atoms with Gasteiger partial charge >= 0.3 is 6.09 Å². The summed E-state index contributed by atoms with van der Waals surface area (Å²) >= 11 is 0. The van der Waals surface area contributed by atoms with E-state index in [9.17, 15) is 4.79 Å². The first-order valence-electron chi connectivity index (χ1n) is 8.10. The molecule has 1 aromatic rings. The van der Waals surface area contributed by atoms with Crippen molar-refractivity contribution in [2.24, 2.45) is 5.92 Å². The highest BCUT2D eigenvalue weighted by atomic mass is 16.6. The Morgan fingerprint density at radius 1 is 1.32 bits per heavy atom. The molecule has 1 aromatic carbocycles. The Kier molecular flexibility index (Phi) is 4.78. The van der Waals surface area contributed by atoms with E-state index >= 15 is 0 Å². The third kappa shape index (κ3) is 3.89. The lowest BCUT2D eigenvalue weighted by Gasteiger charge is -2.37. The first-order chi connectivity index (χ1) is 10.8. The maximum Gasteiger partial charge on any atom is 0.410 e. The quantitative estimate of drug-likeness (QED) is 0.850. The molecule has 118 valence electrons. The van der Waals surface area contributed by atoms with Crippen molar-refractivity contribution in [1.29, 1.82) is 0 Å². The number of piperidine rings is 1. The third-order valence-corrected chi connectivity index (χ3v) is 4.45. The Balaban J connectivity index is 1.49. The topological polar surface area (TPSA) is 41.6 Å². The molecule has 1 amide bonds. The van der Waals surface area contributed by atoms with E-state index in [4.69, 9.17) is 4.74 Å². The molecular weight excluding hydrogens is 276 g/mol. The van der Waals surface area contributed by atoms with Crippen LogP contribution in [0.5, 0.6) is 0 Å². The minimum Gasteiger partial charge on any atom is -0.445 e. The summed E-state index contributed by atoms with van der Waals surface area (Å²) in [5.41, 5.74) is 1.02. The van der Waals surface area contributed by atoms with Gasteiger partial charge in [-0.15, -0.1) is 6.58 Å². The number of nitrogens with zero attached hydrogens (tertiary/aromatic N) is 1. The maximum absolute atomic E-state index is 12.2. The van der Waals surface area contributed by atoms with E-state index in [0.717, 1.165) is 18.5 Å². The van der Waals surface area contributed by atoms with E-state index in [1.54, 1.807) is 4.90 Å². The van der Waals surface area contributed by atoms with Crippen molar-refractivity contribution in [2.45, 2.75) is 38.0 Å². The molecule has 1 saturated carbocycles. The standard InChI is InChI=1S/C18H24N2O2/c1-2-15-12-20(11-10-17(15)19-16-8-9-16)18(21)22-13-14-6-4-3-5-7-14/h2-7,15-17,19H,1,8-13H2. The molecule has 3 rings (SSSR count). The summed E-state index contributed by atoms with van der Waals surface area (Å²) in [7, 11) is 0. The van der Waals surface area contributed by atoms with Gasteiger partial charge in [-0.2, -0.15) is 0 Å². The smallest absolute Gasteiger partial charge is 0.410 e. The summed E-state index contributed by atoms with van der Waals surface area (Å²) in [6.07, 6.45) is 5.28. The Labute approximate surface area is 132 Å². The van der Waals surface area contributed by atoms with E-state index < -0.39 is 0 Å². The molecule has 1 N–H and O–H groups in total. The first-order valence-corrected chi connectivity index (χ1v) is 8.10. The van der Waals surface area contributed by atoms with Gasteiger partial charge in [0.2, 0.25) is 0 Å². The number of carbonyl (C=O) groups excluding carboxylic acids is 1. The van der Waals surface area contributed by atoms with Gasteiger partial charge in [0.1, 0.15) is 6.61 Å². The van der Waals surface area contributed by atoms with Crippen LogP contribution in [-0.4, -0.2) is 36.2 Å². The molecule has 22 heavy (non-hydrogen) atoms. The summed E-state index contributed by atoms with van der Waals surface area (Å²) < 4.78 is 5.42. The lowest BCUT2D eigenvalue weighted by Crippen LogP contribution is -2.51. The number of nitrogens with one attached hydrogen (secondary N) is 1. The minimum absolute atomic E-state index is 0.222. The van der Waals surface area contributed by atoms with Crippen molar-refractivity contribution in [3.8, 4) is 0 Å². The fraction of sp³-hybridized carbons (Fsp3) is 0.500. The largest absolute Gasteiger partial charge is 0.445 e. The van der Waals surface area contributed by atoms with Crippen LogP contribution in [-0.2, 0) is 11.3 Å². The van der Waals surface area contributed by atoms with Gasteiger partial charge in [-0.1, -0.05) is 36.4 Å². The van der Waals surface area contributed by atoms with Gasteiger partial charge in [-0.05, 0) is 24.8 Å². The zero-order chi connectivity index (χ0) is 15.4. The molecule has 2 fully saturated rings. The molecule has 4 heteroatoms. The summed E-state index contributed by atoms with van der Waals surface area (Å²) in [5.74, 6) is 0.304. The number of hydrogen-bond donors (Lipinski definition) is 1. The lowest BCUT2D eigenvalue weighted by atomic mass is 9.92. The van der Waals surface area contributed by atoms with Crippen LogP contribution in [0.15, 0.2) is 43.0 Å². The first kappa shape index (κ1) is 15.1. The highest BCUT2D eigenvalue weighted by Gasteiger charge is 2.33. The minimum atomic E-state index is -0.222. The second-order valence-corrected chi connectivity index (χ2v) is 6.22. The molecule has 4 nitrogen and oxygen atoms in total.